The van der Waals surface area contributed by atoms with Gasteiger partial charge in [-0.3, -0.25) is 4.90 Å². The Bertz CT molecular complexity index is 1210. The summed E-state index contributed by atoms with van der Waals surface area (Å²) in [5.41, 5.74) is 6.02. The molecule has 0 N–H and O–H groups in total. The molecule has 1 fully saturated rings. The van der Waals surface area contributed by atoms with Gasteiger partial charge in [0.15, 0.2) is 0 Å². The molecule has 2 unspecified atom stereocenters. The Kier molecular flexibility index (Phi) is 4.03. The fraction of sp³-hybridized carbons (Fsp3) is 0.231. The van der Waals surface area contributed by atoms with Crippen LogP contribution in [0.1, 0.15) is 17.5 Å². The van der Waals surface area contributed by atoms with E-state index in [4.69, 9.17) is 9.15 Å². The fourth-order valence-electron chi connectivity index (χ4n) is 4.84. The van der Waals surface area contributed by atoms with E-state index in [1.807, 2.05) is 12.1 Å². The topological polar surface area (TPSA) is 25.6 Å². The van der Waals surface area contributed by atoms with E-state index in [2.05, 4.69) is 71.6 Å². The van der Waals surface area contributed by atoms with Gasteiger partial charge < -0.3 is 9.15 Å². The van der Waals surface area contributed by atoms with E-state index in [0.717, 1.165) is 37.3 Å². The first-order valence-corrected chi connectivity index (χ1v) is 10.3. The normalized spacial score (nSPS) is 22.1. The van der Waals surface area contributed by atoms with Gasteiger partial charge in [-0.2, -0.15) is 0 Å². The van der Waals surface area contributed by atoms with Crippen molar-refractivity contribution in [3.8, 4) is 0 Å². The number of furan rings is 1. The zero-order valence-electron chi connectivity index (χ0n) is 16.3. The van der Waals surface area contributed by atoms with Crippen LogP contribution < -0.4 is 0 Å². The van der Waals surface area contributed by atoms with Crippen molar-refractivity contribution in [3.63, 3.8) is 0 Å². The van der Waals surface area contributed by atoms with Crippen LogP contribution in [0, 0.1) is 0 Å². The lowest BCUT2D eigenvalue weighted by Crippen LogP contribution is -2.53. The van der Waals surface area contributed by atoms with Crippen molar-refractivity contribution in [2.75, 3.05) is 13.2 Å². The summed E-state index contributed by atoms with van der Waals surface area (Å²) in [6, 6.07) is 26.4. The summed E-state index contributed by atoms with van der Waals surface area (Å²) < 4.78 is 11.9. The van der Waals surface area contributed by atoms with Crippen LogP contribution in [0.25, 0.3) is 27.5 Å². The van der Waals surface area contributed by atoms with Crippen LogP contribution in [0.2, 0.25) is 0 Å². The molecule has 1 aromatic heterocycles. The quantitative estimate of drug-likeness (QED) is 0.459. The van der Waals surface area contributed by atoms with Crippen LogP contribution >= 0.6 is 0 Å². The molecule has 0 aliphatic carbocycles. The Balaban J connectivity index is 1.36. The molecule has 3 heteroatoms. The van der Waals surface area contributed by atoms with Gasteiger partial charge in [0.05, 0.1) is 19.3 Å². The van der Waals surface area contributed by atoms with Gasteiger partial charge in [0.1, 0.15) is 11.2 Å². The summed E-state index contributed by atoms with van der Waals surface area (Å²) in [5, 5.41) is 2.39. The molecule has 0 amide bonds. The lowest BCUT2D eigenvalue weighted by Gasteiger charge is -2.44. The van der Waals surface area contributed by atoms with E-state index in [-0.39, 0.29) is 0 Å². The maximum absolute atomic E-state index is 6.01. The van der Waals surface area contributed by atoms with Gasteiger partial charge >= 0.3 is 0 Å². The van der Waals surface area contributed by atoms with Crippen LogP contribution in [0.3, 0.4) is 0 Å². The van der Waals surface area contributed by atoms with Crippen molar-refractivity contribution in [1.82, 2.24) is 4.90 Å². The van der Waals surface area contributed by atoms with Crippen molar-refractivity contribution in [2.24, 2.45) is 0 Å². The lowest BCUT2D eigenvalue weighted by molar-refractivity contribution is -0.0402. The smallest absolute Gasteiger partial charge is 0.135 e. The maximum Gasteiger partial charge on any atom is 0.135 e. The molecule has 1 saturated heterocycles. The van der Waals surface area contributed by atoms with E-state index in [1.54, 1.807) is 0 Å². The Morgan fingerprint density at radius 3 is 2.55 bits per heavy atom. The molecule has 6 rings (SSSR count). The fourth-order valence-corrected chi connectivity index (χ4v) is 4.84. The van der Waals surface area contributed by atoms with Crippen molar-refractivity contribution in [3.05, 3.63) is 90.0 Å². The Morgan fingerprint density at radius 1 is 0.828 bits per heavy atom. The van der Waals surface area contributed by atoms with Gasteiger partial charge in [0.2, 0.25) is 0 Å². The number of para-hydroxylation sites is 1. The Labute approximate surface area is 170 Å². The second-order valence-corrected chi connectivity index (χ2v) is 8.12. The van der Waals surface area contributed by atoms with Gasteiger partial charge in [-0.1, -0.05) is 60.7 Å². The average molecular weight is 381 g/mol. The van der Waals surface area contributed by atoms with Crippen LogP contribution in [0.4, 0.5) is 0 Å². The molecule has 29 heavy (non-hydrogen) atoms. The van der Waals surface area contributed by atoms with E-state index >= 15 is 0 Å². The van der Waals surface area contributed by atoms with Crippen LogP contribution in [-0.4, -0.2) is 30.2 Å². The highest BCUT2D eigenvalue weighted by Crippen LogP contribution is 2.36. The van der Waals surface area contributed by atoms with Gasteiger partial charge in [0, 0.05) is 23.4 Å². The molecule has 0 saturated carbocycles. The summed E-state index contributed by atoms with van der Waals surface area (Å²) >= 11 is 0. The lowest BCUT2D eigenvalue weighted by atomic mass is 9.89. The standard InChI is InChI=1S/C26H23NO2/c1-2-6-18(7-3-1)15-27-21-12-20(13-22(27)17-28-16-21)19-10-11-26-24(14-19)23-8-4-5-9-25(23)29-26/h1-12,14,21-22H,13,15-17H2. The molecule has 2 atom stereocenters. The molecule has 2 aliphatic rings. The van der Waals surface area contributed by atoms with Crippen molar-refractivity contribution in [2.45, 2.75) is 25.0 Å². The van der Waals surface area contributed by atoms with E-state index < -0.39 is 0 Å². The number of benzene rings is 3. The SMILES string of the molecule is C1=C(c2ccc3oc4ccccc4c3c2)CC2COCC1N2Cc1ccccc1. The van der Waals surface area contributed by atoms with Crippen molar-refractivity contribution >= 4 is 27.5 Å². The van der Waals surface area contributed by atoms with Crippen LogP contribution in [0.15, 0.2) is 83.3 Å². The largest absolute Gasteiger partial charge is 0.456 e. The monoisotopic (exact) mass is 381 g/mol. The van der Waals surface area contributed by atoms with Gasteiger partial charge in [-0.05, 0) is 41.3 Å². The molecule has 2 bridgehead atoms. The number of hydrogen-bond acceptors (Lipinski definition) is 3. The summed E-state index contributed by atoms with van der Waals surface area (Å²) in [6.45, 7) is 2.55. The number of fused-ring (bicyclic) bond motifs is 5. The third-order valence-corrected chi connectivity index (χ3v) is 6.30. The molecule has 3 aromatic carbocycles. The first-order valence-electron chi connectivity index (χ1n) is 10.3. The minimum Gasteiger partial charge on any atom is -0.456 e. The molecular weight excluding hydrogens is 358 g/mol. The number of ether oxygens (including phenoxy) is 1. The summed E-state index contributed by atoms with van der Waals surface area (Å²) in [6.07, 6.45) is 3.44. The number of hydrogen-bond donors (Lipinski definition) is 0. The van der Waals surface area contributed by atoms with Crippen molar-refractivity contribution in [1.29, 1.82) is 0 Å². The molecule has 3 nitrogen and oxygen atoms in total. The number of nitrogens with zero attached hydrogens (tertiary/aromatic N) is 1. The molecular formula is C26H23NO2. The van der Waals surface area contributed by atoms with Crippen molar-refractivity contribution < 1.29 is 9.15 Å². The molecule has 4 aromatic rings. The second kappa shape index (κ2) is 6.87. The van der Waals surface area contributed by atoms with Gasteiger partial charge in [0.25, 0.3) is 0 Å². The zero-order chi connectivity index (χ0) is 19.2. The maximum atomic E-state index is 6.01. The molecule has 144 valence electrons. The third kappa shape index (κ3) is 2.98. The first kappa shape index (κ1) is 17.0. The van der Waals surface area contributed by atoms with E-state index in [1.165, 1.54) is 27.5 Å². The highest BCUT2D eigenvalue weighted by atomic mass is 16.5. The average Bonchev–Trinajstić information content (AvgIpc) is 3.12. The number of morpholine rings is 1. The number of rotatable bonds is 3. The minimum atomic E-state index is 0.328. The predicted molar refractivity (Wildman–Crippen MR) is 117 cm³/mol. The highest BCUT2D eigenvalue weighted by Gasteiger charge is 2.34. The second-order valence-electron chi connectivity index (χ2n) is 8.12. The zero-order valence-corrected chi connectivity index (χ0v) is 16.3. The summed E-state index contributed by atoms with van der Waals surface area (Å²) in [5.74, 6) is 0. The first-order chi connectivity index (χ1) is 14.3. The van der Waals surface area contributed by atoms with Crippen LogP contribution in [-0.2, 0) is 11.3 Å². The minimum absolute atomic E-state index is 0.328. The molecule has 2 aliphatic heterocycles. The molecule has 0 spiro atoms. The van der Waals surface area contributed by atoms with E-state index in [9.17, 15) is 0 Å². The van der Waals surface area contributed by atoms with E-state index in [0.29, 0.717) is 12.1 Å². The summed E-state index contributed by atoms with van der Waals surface area (Å²) in [7, 11) is 0. The Hall–Kier alpha value is -2.88. The van der Waals surface area contributed by atoms with Gasteiger partial charge in [-0.15, -0.1) is 0 Å². The Morgan fingerprint density at radius 2 is 1.66 bits per heavy atom. The predicted octanol–water partition coefficient (Wildman–Crippen LogP) is 5.64. The third-order valence-electron chi connectivity index (χ3n) is 6.30. The molecule has 0 radical (unpaired) electrons. The summed E-state index contributed by atoms with van der Waals surface area (Å²) in [4.78, 5) is 2.61. The van der Waals surface area contributed by atoms with Gasteiger partial charge in [-0.25, -0.2) is 0 Å². The highest BCUT2D eigenvalue weighted by molar-refractivity contribution is 6.05. The molecule has 3 heterocycles. The van der Waals surface area contributed by atoms with Crippen LogP contribution in [0.5, 0.6) is 0 Å².